The Morgan fingerprint density at radius 1 is 1.50 bits per heavy atom. The van der Waals surface area contributed by atoms with Crippen LogP contribution in [0, 0.1) is 16.7 Å². The second-order valence-corrected chi connectivity index (χ2v) is 7.24. The third kappa shape index (κ3) is 1.61. The molecule has 1 aromatic rings. The van der Waals surface area contributed by atoms with Gasteiger partial charge in [0, 0.05) is 19.3 Å². The van der Waals surface area contributed by atoms with Crippen LogP contribution in [-0.2, 0) is 7.05 Å². The third-order valence-corrected chi connectivity index (χ3v) is 6.17. The number of aromatic nitrogens is 2. The molecule has 5 heteroatoms. The van der Waals surface area contributed by atoms with Crippen molar-refractivity contribution in [1.82, 2.24) is 15.1 Å². The van der Waals surface area contributed by atoms with Crippen LogP contribution in [0.3, 0.4) is 0 Å². The zero-order valence-electron chi connectivity index (χ0n) is 12.7. The highest BCUT2D eigenvalue weighted by molar-refractivity contribution is 5.97. The summed E-state index contributed by atoms with van der Waals surface area (Å²) in [6.07, 6.45) is 5.21. The summed E-state index contributed by atoms with van der Waals surface area (Å²) < 4.78 is 1.58. The van der Waals surface area contributed by atoms with Crippen molar-refractivity contribution < 1.29 is 4.79 Å². The van der Waals surface area contributed by atoms with Crippen molar-refractivity contribution in [2.24, 2.45) is 23.8 Å². The van der Waals surface area contributed by atoms with Crippen LogP contribution in [0.1, 0.15) is 50.5 Å². The first-order chi connectivity index (χ1) is 9.25. The van der Waals surface area contributed by atoms with Gasteiger partial charge in [-0.15, -0.1) is 0 Å². The van der Waals surface area contributed by atoms with Gasteiger partial charge >= 0.3 is 0 Å². The maximum atomic E-state index is 12.4. The average Bonchev–Trinajstić information content (AvgIpc) is 2.86. The average molecular weight is 276 g/mol. The van der Waals surface area contributed by atoms with Crippen molar-refractivity contribution in [2.45, 2.75) is 46.1 Å². The van der Waals surface area contributed by atoms with Gasteiger partial charge in [0.1, 0.15) is 0 Å². The van der Waals surface area contributed by atoms with E-state index in [1.54, 1.807) is 17.9 Å². The molecule has 0 aromatic carbocycles. The second kappa shape index (κ2) is 3.99. The molecule has 3 rings (SSSR count). The quantitative estimate of drug-likeness (QED) is 0.867. The number of carbonyl (C=O) groups excluding carboxylic acids is 1. The van der Waals surface area contributed by atoms with E-state index in [1.807, 2.05) is 0 Å². The molecule has 1 amide bonds. The van der Waals surface area contributed by atoms with Gasteiger partial charge in [-0.3, -0.25) is 9.48 Å². The van der Waals surface area contributed by atoms with E-state index in [0.717, 1.165) is 6.42 Å². The van der Waals surface area contributed by atoms with Crippen LogP contribution in [0.25, 0.3) is 0 Å². The molecule has 0 radical (unpaired) electrons. The molecular formula is C15H24N4O. The lowest BCUT2D eigenvalue weighted by atomic mass is 9.69. The highest BCUT2D eigenvalue weighted by Crippen LogP contribution is 2.65. The van der Waals surface area contributed by atoms with Gasteiger partial charge in [0.2, 0.25) is 0 Å². The minimum absolute atomic E-state index is 0.141. The molecule has 3 N–H and O–H groups in total. The first-order valence-electron chi connectivity index (χ1n) is 7.35. The molecule has 0 aliphatic heterocycles. The Hall–Kier alpha value is -1.52. The molecule has 2 aliphatic carbocycles. The predicted molar refractivity (Wildman–Crippen MR) is 78.1 cm³/mol. The number of hydrogen-bond donors (Lipinski definition) is 2. The summed E-state index contributed by atoms with van der Waals surface area (Å²) in [6, 6.07) is 0.227. The van der Waals surface area contributed by atoms with E-state index < -0.39 is 0 Å². The van der Waals surface area contributed by atoms with Crippen LogP contribution in [0.15, 0.2) is 6.20 Å². The Morgan fingerprint density at radius 2 is 2.20 bits per heavy atom. The molecule has 2 fully saturated rings. The summed E-state index contributed by atoms with van der Waals surface area (Å²) in [6.45, 7) is 6.99. The number of nitrogens with zero attached hydrogens (tertiary/aromatic N) is 2. The highest BCUT2D eigenvalue weighted by Gasteiger charge is 2.61. The van der Waals surface area contributed by atoms with Gasteiger partial charge in [-0.1, -0.05) is 20.8 Å². The summed E-state index contributed by atoms with van der Waals surface area (Å²) in [5.41, 5.74) is 7.09. The Labute approximate surface area is 119 Å². The predicted octanol–water partition coefficient (Wildman–Crippen LogP) is 1.95. The van der Waals surface area contributed by atoms with Crippen LogP contribution in [0.2, 0.25) is 0 Å². The first kappa shape index (κ1) is 13.5. The smallest absolute Gasteiger partial charge is 0.274 e. The highest BCUT2D eigenvalue weighted by atomic mass is 16.2. The number of hydrogen-bond acceptors (Lipinski definition) is 3. The molecule has 3 atom stereocenters. The van der Waals surface area contributed by atoms with Gasteiger partial charge in [0.25, 0.3) is 5.91 Å². The van der Waals surface area contributed by atoms with Gasteiger partial charge in [-0.05, 0) is 36.0 Å². The van der Waals surface area contributed by atoms with E-state index in [4.69, 9.17) is 5.73 Å². The molecule has 1 heterocycles. The summed E-state index contributed by atoms with van der Waals surface area (Å²) >= 11 is 0. The lowest BCUT2D eigenvalue weighted by Gasteiger charge is -2.39. The monoisotopic (exact) mass is 276 g/mol. The Bertz CT molecular complexity index is 562. The van der Waals surface area contributed by atoms with E-state index in [9.17, 15) is 4.79 Å². The number of nitrogens with two attached hydrogens (primary N) is 1. The number of fused-ring (bicyclic) bond motifs is 2. The normalized spacial score (nSPS) is 34.4. The van der Waals surface area contributed by atoms with E-state index in [0.29, 0.717) is 22.7 Å². The summed E-state index contributed by atoms with van der Waals surface area (Å²) in [7, 11) is 1.77. The van der Waals surface area contributed by atoms with Crippen molar-refractivity contribution in [3.63, 3.8) is 0 Å². The molecule has 0 saturated heterocycles. The lowest BCUT2D eigenvalue weighted by Crippen LogP contribution is -2.47. The van der Waals surface area contributed by atoms with Crippen LogP contribution in [0.5, 0.6) is 0 Å². The van der Waals surface area contributed by atoms with E-state index in [-0.39, 0.29) is 17.4 Å². The van der Waals surface area contributed by atoms with Gasteiger partial charge in [0.05, 0.1) is 5.69 Å². The molecule has 2 saturated carbocycles. The van der Waals surface area contributed by atoms with Gasteiger partial charge in [-0.2, -0.15) is 5.10 Å². The van der Waals surface area contributed by atoms with Crippen molar-refractivity contribution in [2.75, 3.05) is 5.73 Å². The van der Waals surface area contributed by atoms with Crippen molar-refractivity contribution in [3.8, 4) is 0 Å². The number of anilines is 1. The zero-order valence-corrected chi connectivity index (χ0v) is 12.7. The minimum atomic E-state index is -0.141. The summed E-state index contributed by atoms with van der Waals surface area (Å²) in [4.78, 5) is 12.4. The number of rotatable bonds is 2. The van der Waals surface area contributed by atoms with Crippen molar-refractivity contribution in [3.05, 3.63) is 11.9 Å². The standard InChI is InChI=1S/C15H24N4O/c1-14(2)9-5-6-15(14,3)11(7-9)17-13(20)12-10(16)8-19(4)18-12/h8-9,11H,5-7,16H2,1-4H3,(H,17,20). The SMILES string of the molecule is Cn1cc(N)c(C(=O)NC2CC3CCC2(C)C3(C)C)n1. The fraction of sp³-hybridized carbons (Fsp3) is 0.733. The maximum Gasteiger partial charge on any atom is 0.274 e. The summed E-state index contributed by atoms with van der Waals surface area (Å²) in [5.74, 6) is 0.566. The van der Waals surface area contributed by atoms with Gasteiger partial charge < -0.3 is 11.1 Å². The Balaban J connectivity index is 1.80. The van der Waals surface area contributed by atoms with Crippen LogP contribution >= 0.6 is 0 Å². The molecule has 110 valence electrons. The first-order valence-corrected chi connectivity index (χ1v) is 7.35. The molecule has 1 aromatic heterocycles. The fourth-order valence-corrected chi connectivity index (χ4v) is 4.33. The largest absolute Gasteiger partial charge is 0.396 e. The van der Waals surface area contributed by atoms with Crippen LogP contribution in [-0.4, -0.2) is 21.7 Å². The number of nitrogen functional groups attached to an aromatic ring is 1. The molecule has 0 spiro atoms. The van der Waals surface area contributed by atoms with Crippen LogP contribution in [0.4, 0.5) is 5.69 Å². The molecule has 2 bridgehead atoms. The van der Waals surface area contributed by atoms with E-state index in [2.05, 4.69) is 31.2 Å². The topological polar surface area (TPSA) is 72.9 Å². The Morgan fingerprint density at radius 3 is 2.65 bits per heavy atom. The summed E-state index contributed by atoms with van der Waals surface area (Å²) in [5, 5.41) is 7.34. The van der Waals surface area contributed by atoms with Gasteiger partial charge in [-0.25, -0.2) is 0 Å². The minimum Gasteiger partial charge on any atom is -0.396 e. The maximum absolute atomic E-state index is 12.4. The lowest BCUT2D eigenvalue weighted by molar-refractivity contribution is 0.0821. The van der Waals surface area contributed by atoms with Crippen LogP contribution < -0.4 is 11.1 Å². The number of carbonyl (C=O) groups is 1. The van der Waals surface area contributed by atoms with Crippen molar-refractivity contribution in [1.29, 1.82) is 0 Å². The molecule has 20 heavy (non-hydrogen) atoms. The van der Waals surface area contributed by atoms with E-state index >= 15 is 0 Å². The Kier molecular flexibility index (Phi) is 2.69. The molecule has 5 nitrogen and oxygen atoms in total. The third-order valence-electron chi connectivity index (χ3n) is 6.17. The molecule has 2 aliphatic rings. The number of nitrogens with one attached hydrogen (secondary N) is 1. The molecular weight excluding hydrogens is 252 g/mol. The fourth-order valence-electron chi connectivity index (χ4n) is 4.33. The second-order valence-electron chi connectivity index (χ2n) is 7.24. The van der Waals surface area contributed by atoms with E-state index in [1.165, 1.54) is 12.8 Å². The van der Waals surface area contributed by atoms with Gasteiger partial charge in [0.15, 0.2) is 5.69 Å². The number of amides is 1. The van der Waals surface area contributed by atoms with Crippen molar-refractivity contribution >= 4 is 11.6 Å². The molecule has 3 unspecified atom stereocenters. The zero-order chi connectivity index (χ0) is 14.7. The number of aryl methyl sites for hydroxylation is 1.